The van der Waals surface area contributed by atoms with Crippen LogP contribution in [0.25, 0.3) is 82.5 Å². The van der Waals surface area contributed by atoms with Gasteiger partial charge in [0.1, 0.15) is 94.2 Å². The third-order valence-corrected chi connectivity index (χ3v) is 22.2. The van der Waals surface area contributed by atoms with Crippen molar-refractivity contribution in [2.45, 2.75) is 13.2 Å². The van der Waals surface area contributed by atoms with Crippen molar-refractivity contribution in [3.05, 3.63) is 56.3 Å². The molecule has 0 unspecified atom stereocenters. The molecule has 7 rings (SSSR count). The fraction of sp³-hybridized carbons (Fsp3) is 0.0392. The Hall–Kier alpha value is -4.54. The van der Waals surface area contributed by atoms with E-state index in [2.05, 4.69) is 262 Å². The van der Waals surface area contributed by atoms with Gasteiger partial charge in [-0.1, -0.05) is 38.2 Å². The molecular formula is C51H69B31. The van der Waals surface area contributed by atoms with Gasteiger partial charge in [0.15, 0.2) is 0 Å². The van der Waals surface area contributed by atoms with E-state index in [0.717, 1.165) is 28.3 Å². The first-order valence-electron chi connectivity index (χ1n) is 30.3. The van der Waals surface area contributed by atoms with E-state index in [4.69, 9.17) is 6.42 Å². The molecule has 0 saturated carbocycles. The molecule has 0 aliphatic heterocycles. The molecule has 0 bridgehead atoms. The molecule has 0 fully saturated rings. The second kappa shape index (κ2) is 23.7. The Morgan fingerprint density at radius 3 is 1.09 bits per heavy atom. The van der Waals surface area contributed by atoms with Gasteiger partial charge in [0.05, 0.1) is 0 Å². The zero-order chi connectivity index (χ0) is 62.0. The van der Waals surface area contributed by atoms with Crippen LogP contribution in [0, 0.1) is 19.3 Å². The summed E-state index contributed by atoms with van der Waals surface area (Å²) in [5.41, 5.74) is 52.8. The van der Waals surface area contributed by atoms with E-state index < -0.39 is 0 Å². The molecule has 0 aliphatic carbocycles. The molecule has 31 heteroatoms. The number of rotatable bonds is 10. The maximum atomic E-state index is 7.40. The Labute approximate surface area is 523 Å². The predicted molar refractivity (Wildman–Crippen MR) is 471 cm³/mol. The molecule has 82 heavy (non-hydrogen) atoms. The van der Waals surface area contributed by atoms with Crippen molar-refractivity contribution < 1.29 is 0 Å². The molecule has 366 valence electrons. The normalized spacial score (nSPS) is 12.4. The van der Waals surface area contributed by atoms with Crippen molar-refractivity contribution in [3.8, 4) is 56.9 Å². The molecule has 0 spiro atoms. The molecule has 0 nitrogen and oxygen atoms in total. The molecule has 0 saturated heterocycles. The van der Waals surface area contributed by atoms with Gasteiger partial charge in [0.25, 0.3) is 0 Å². The second-order valence-corrected chi connectivity index (χ2v) is 25.7. The summed E-state index contributed by atoms with van der Waals surface area (Å²) >= 11 is 0. The number of allylic oxidation sites excluding steroid dienone is 4. The van der Waals surface area contributed by atoms with Gasteiger partial charge in [-0.15, -0.1) is 10.9 Å². The predicted octanol–water partition coefficient (Wildman–Crippen LogP) is -33.0. The molecular weight excluding hydrogens is 948 g/mol. The van der Waals surface area contributed by atoms with E-state index in [1.807, 2.05) is 0 Å². The average Bonchev–Trinajstić information content (AvgIpc) is 1.20. The van der Waals surface area contributed by atoms with Gasteiger partial charge in [-0.3, -0.25) is 0 Å². The zero-order valence-electron chi connectivity index (χ0n) is 57.2. The zero-order valence-corrected chi connectivity index (χ0v) is 57.2. The second-order valence-electron chi connectivity index (χ2n) is 25.7. The number of hydrogen-bond donors (Lipinski definition) is 0. The summed E-state index contributed by atoms with van der Waals surface area (Å²) in [5.74, 6) is 3.60. The Balaban J connectivity index is 1.89. The molecule has 0 radical (unpaired) electrons. The summed E-state index contributed by atoms with van der Waals surface area (Å²) < 4.78 is 0. The number of terminal acetylenes is 1. The van der Waals surface area contributed by atoms with Crippen molar-refractivity contribution in [1.82, 2.24) is 0 Å². The molecule has 0 aliphatic rings. The minimum atomic E-state index is 0.907. The molecule has 7 aromatic carbocycles. The van der Waals surface area contributed by atoms with E-state index >= 15 is 0 Å². The van der Waals surface area contributed by atoms with E-state index in [-0.39, 0.29) is 0 Å². The minimum absolute atomic E-state index is 0.907. The van der Waals surface area contributed by atoms with Crippen LogP contribution in [0.1, 0.15) is 27.8 Å². The van der Waals surface area contributed by atoms with Gasteiger partial charge in [0, 0.05) is 0 Å². The Morgan fingerprint density at radius 2 is 0.671 bits per heavy atom. The summed E-state index contributed by atoms with van der Waals surface area (Å²) in [7, 11) is 74.5. The van der Waals surface area contributed by atoms with Crippen LogP contribution in [0.4, 0.5) is 0 Å². The third kappa shape index (κ3) is 9.72. The van der Waals surface area contributed by atoms with Crippen LogP contribution in [-0.2, 0) is 0 Å². The maximum absolute atomic E-state index is 7.40. The van der Waals surface area contributed by atoms with Crippen molar-refractivity contribution in [1.29, 1.82) is 0 Å². The number of fused-ring (bicyclic) bond motifs is 2. The van der Waals surface area contributed by atoms with Gasteiger partial charge in [-0.25, -0.2) is 0 Å². The Bertz CT molecular complexity index is 4160. The quantitative estimate of drug-likeness (QED) is 0.0728. The van der Waals surface area contributed by atoms with Crippen molar-refractivity contribution >= 4 is 401 Å². The molecule has 0 heterocycles. The van der Waals surface area contributed by atoms with Crippen LogP contribution in [0.3, 0.4) is 0 Å². The Morgan fingerprint density at radius 1 is 0.354 bits per heavy atom. The van der Waals surface area contributed by atoms with Crippen LogP contribution in [-0.4, -0.2) is 248 Å². The van der Waals surface area contributed by atoms with Gasteiger partial charge in [-0.2, -0.15) is 0 Å². The number of benzene rings is 7. The molecule has 0 aromatic heterocycles. The fourth-order valence-electron chi connectivity index (χ4n) is 14.9. The van der Waals surface area contributed by atoms with Gasteiger partial charge < -0.3 is 0 Å². The first-order valence-corrected chi connectivity index (χ1v) is 30.3. The summed E-state index contributed by atoms with van der Waals surface area (Å²) in [6.45, 7) is 6.99. The fourth-order valence-corrected chi connectivity index (χ4v) is 14.9. The van der Waals surface area contributed by atoms with E-state index in [0.29, 0.717) is 0 Å². The van der Waals surface area contributed by atoms with Crippen LogP contribution < -0.4 is 115 Å². The van der Waals surface area contributed by atoms with Crippen LogP contribution in [0.2, 0.25) is 6.32 Å². The number of hydrogen-bond acceptors (Lipinski definition) is 0. The SMILES string of the molecule is B=C(B)/C(B)=C(/B)c1c(C)c(-c2c(C#C)c(/C(B)=C(/B)CB)c(-c3c(B)c(B)c(-c4c(B)c(B)c5c(B)c(B)c(B)c(B)c5c4B)c(B)c3B)c3c(B)c(B)c(B)c(B)c23)c(B)c(/C(B)=C(/B)C(B)=C)c1-c1c(B)c(B)c(B)c(B)c1B. The van der Waals surface area contributed by atoms with Crippen molar-refractivity contribution in [3.63, 3.8) is 0 Å². The first-order chi connectivity index (χ1) is 38.0. The van der Waals surface area contributed by atoms with Gasteiger partial charge in [-0.05, 0) is 21.9 Å². The van der Waals surface area contributed by atoms with Gasteiger partial charge >= 0.3 is 362 Å². The van der Waals surface area contributed by atoms with E-state index in [1.54, 1.807) is 0 Å². The van der Waals surface area contributed by atoms with E-state index in [9.17, 15) is 0 Å². The molecule has 0 amide bonds. The Kier molecular flexibility index (Phi) is 18.8. The standard InChI is InChI=1S/C51H69B31/c1-4-8-12(10-6(2)11(29(59)50(80)51(81)82)14(18(27(10)57)32(62)25(55)7(3)53)19-39(69)47(77)49(79)48(78)40(19)70)16-17(31(61)44(74)43(73)30(16)60)15(13(8)26(56)9(54)5-52)20-33(63)36(66)23(37(67)34(20)64)21-28(58)22-24(38(68)35(21)65)42(72)46(76)45(75)41(22)71/h1,81H,3,5,52-80,82H2,2H3/b26-9-,32-25-,50-29-. The molecule has 0 N–H and O–H groups in total. The summed E-state index contributed by atoms with van der Waals surface area (Å²) in [4.78, 5) is 0. The van der Waals surface area contributed by atoms with Crippen molar-refractivity contribution in [2.24, 2.45) is 0 Å². The van der Waals surface area contributed by atoms with Crippen molar-refractivity contribution in [2.75, 3.05) is 0 Å². The van der Waals surface area contributed by atoms with Crippen LogP contribution >= 0.6 is 0 Å². The summed E-state index contributed by atoms with van der Waals surface area (Å²) in [5, 5.41) is 6.45. The van der Waals surface area contributed by atoms with Crippen LogP contribution in [0.5, 0.6) is 0 Å². The van der Waals surface area contributed by atoms with E-state index in [1.165, 1.54) is 230 Å². The monoisotopic (exact) mass is 1020 g/mol. The van der Waals surface area contributed by atoms with Crippen LogP contribution in [0.15, 0.2) is 28.5 Å². The first kappa shape index (κ1) is 65.0. The average molecular weight is 1020 g/mol. The third-order valence-electron chi connectivity index (χ3n) is 22.2. The molecule has 0 atom stereocenters. The van der Waals surface area contributed by atoms with Gasteiger partial charge in [0.2, 0.25) is 0 Å². The topological polar surface area (TPSA) is 0 Å². The molecule has 7 aromatic rings. The summed E-state index contributed by atoms with van der Waals surface area (Å²) in [6, 6.07) is 0. The summed E-state index contributed by atoms with van der Waals surface area (Å²) in [6.07, 6.45) is 8.31.